The van der Waals surface area contributed by atoms with Crippen LogP contribution in [0.4, 0.5) is 0 Å². The molecule has 0 aliphatic rings. The van der Waals surface area contributed by atoms with Crippen molar-refractivity contribution in [2.45, 2.75) is 0 Å². The lowest BCUT2D eigenvalue weighted by Crippen LogP contribution is -2.20. The van der Waals surface area contributed by atoms with E-state index < -0.39 is 0 Å². The molecule has 0 saturated heterocycles. The lowest BCUT2D eigenvalue weighted by molar-refractivity contribution is 0.824. The third kappa shape index (κ3) is 2.37. The van der Waals surface area contributed by atoms with E-state index in [2.05, 4.69) is 0 Å². The molecule has 88 valence electrons. The van der Waals surface area contributed by atoms with Crippen molar-refractivity contribution in [3.05, 3.63) is 58.8 Å². The second-order valence-electron chi connectivity index (χ2n) is 3.79. The van der Waals surface area contributed by atoms with E-state index in [1.165, 1.54) is 0 Å². The van der Waals surface area contributed by atoms with Gasteiger partial charge in [0.25, 0.3) is 0 Å². The van der Waals surface area contributed by atoms with Crippen molar-refractivity contribution in [3.63, 3.8) is 0 Å². The molecular weight excluding hydrogens is 214 g/mol. The number of imidazole rings is 1. The fourth-order valence-electron chi connectivity index (χ4n) is 1.61. The first-order chi connectivity index (χ1) is 8.22. The summed E-state index contributed by atoms with van der Waals surface area (Å²) >= 11 is 0. The number of aromatic nitrogens is 2. The molecule has 0 unspecified atom stereocenters. The summed E-state index contributed by atoms with van der Waals surface area (Å²) in [5.74, 6) is 0. The molecule has 0 aliphatic carbocycles. The summed E-state index contributed by atoms with van der Waals surface area (Å²) in [5.41, 5.74) is 7.27. The smallest absolute Gasteiger partial charge is 0.327 e. The first-order valence-corrected chi connectivity index (χ1v) is 5.43. The van der Waals surface area contributed by atoms with E-state index in [0.717, 1.165) is 11.3 Å². The number of rotatable bonds is 3. The highest BCUT2D eigenvalue weighted by Gasteiger charge is 2.01. The number of nitrogens with two attached hydrogens (primary N) is 1. The van der Waals surface area contributed by atoms with E-state index in [0.29, 0.717) is 6.54 Å². The summed E-state index contributed by atoms with van der Waals surface area (Å²) in [6.45, 7) is 0.528. The SMILES string of the molecule is Cn1ccn(-c2ccc(/C=C/CN)cc2)c1=O. The normalized spacial score (nSPS) is 11.2. The van der Waals surface area contributed by atoms with Crippen LogP contribution in [0.25, 0.3) is 11.8 Å². The molecule has 2 aromatic rings. The van der Waals surface area contributed by atoms with Crippen LogP contribution in [0.1, 0.15) is 5.56 Å². The Bertz CT molecular complexity index is 575. The maximum atomic E-state index is 11.7. The van der Waals surface area contributed by atoms with Gasteiger partial charge in [0.15, 0.2) is 0 Å². The van der Waals surface area contributed by atoms with Gasteiger partial charge in [-0.05, 0) is 17.7 Å². The molecule has 0 bridgehead atoms. The van der Waals surface area contributed by atoms with E-state index in [9.17, 15) is 4.79 Å². The average molecular weight is 229 g/mol. The van der Waals surface area contributed by atoms with Gasteiger partial charge in [0.1, 0.15) is 0 Å². The highest BCUT2D eigenvalue weighted by atomic mass is 16.1. The van der Waals surface area contributed by atoms with Crippen molar-refractivity contribution in [1.29, 1.82) is 0 Å². The maximum absolute atomic E-state index is 11.7. The second kappa shape index (κ2) is 4.84. The molecule has 2 N–H and O–H groups in total. The van der Waals surface area contributed by atoms with Crippen LogP contribution in [0, 0.1) is 0 Å². The van der Waals surface area contributed by atoms with Crippen molar-refractivity contribution in [3.8, 4) is 5.69 Å². The zero-order valence-electron chi connectivity index (χ0n) is 9.71. The number of nitrogens with zero attached hydrogens (tertiary/aromatic N) is 2. The van der Waals surface area contributed by atoms with Crippen molar-refractivity contribution in [1.82, 2.24) is 9.13 Å². The van der Waals surface area contributed by atoms with Gasteiger partial charge in [-0.15, -0.1) is 0 Å². The molecule has 1 aromatic carbocycles. The Hall–Kier alpha value is -2.07. The minimum Gasteiger partial charge on any atom is -0.327 e. The standard InChI is InChI=1S/C13H15N3O/c1-15-9-10-16(13(15)17)12-6-4-11(5-7-12)3-2-8-14/h2-7,9-10H,8,14H2,1H3/b3-2+. The number of hydrogen-bond donors (Lipinski definition) is 1. The summed E-state index contributed by atoms with van der Waals surface area (Å²) < 4.78 is 3.15. The number of hydrogen-bond acceptors (Lipinski definition) is 2. The minimum absolute atomic E-state index is 0.0461. The van der Waals surface area contributed by atoms with Crippen LogP contribution in [-0.4, -0.2) is 15.7 Å². The zero-order chi connectivity index (χ0) is 12.3. The zero-order valence-corrected chi connectivity index (χ0v) is 9.71. The summed E-state index contributed by atoms with van der Waals surface area (Å²) in [6.07, 6.45) is 7.35. The Morgan fingerprint density at radius 2 is 1.94 bits per heavy atom. The van der Waals surface area contributed by atoms with Crippen LogP contribution >= 0.6 is 0 Å². The first-order valence-electron chi connectivity index (χ1n) is 5.43. The van der Waals surface area contributed by atoms with Gasteiger partial charge in [-0.3, -0.25) is 4.57 Å². The van der Waals surface area contributed by atoms with Gasteiger partial charge in [-0.25, -0.2) is 4.79 Å². The molecular formula is C13H15N3O. The topological polar surface area (TPSA) is 52.9 Å². The fraction of sp³-hybridized carbons (Fsp3) is 0.154. The number of benzene rings is 1. The largest absolute Gasteiger partial charge is 0.332 e. The molecule has 4 nitrogen and oxygen atoms in total. The Morgan fingerprint density at radius 1 is 1.24 bits per heavy atom. The highest BCUT2D eigenvalue weighted by Crippen LogP contribution is 2.09. The van der Waals surface area contributed by atoms with E-state index in [4.69, 9.17) is 5.73 Å². The van der Waals surface area contributed by atoms with Gasteiger partial charge in [-0.2, -0.15) is 0 Å². The third-order valence-corrected chi connectivity index (χ3v) is 2.56. The van der Waals surface area contributed by atoms with Crippen LogP contribution in [0.5, 0.6) is 0 Å². The second-order valence-corrected chi connectivity index (χ2v) is 3.79. The van der Waals surface area contributed by atoms with E-state index in [-0.39, 0.29) is 5.69 Å². The van der Waals surface area contributed by atoms with Crippen molar-refractivity contribution in [2.75, 3.05) is 6.54 Å². The predicted molar refractivity (Wildman–Crippen MR) is 69.1 cm³/mol. The van der Waals surface area contributed by atoms with Crippen molar-refractivity contribution >= 4 is 6.08 Å². The average Bonchev–Trinajstić information content (AvgIpc) is 2.68. The Balaban J connectivity index is 2.33. The summed E-state index contributed by atoms with van der Waals surface area (Å²) in [7, 11) is 1.73. The maximum Gasteiger partial charge on any atom is 0.332 e. The third-order valence-electron chi connectivity index (χ3n) is 2.56. The molecule has 17 heavy (non-hydrogen) atoms. The van der Waals surface area contributed by atoms with Crippen LogP contribution < -0.4 is 11.4 Å². The van der Waals surface area contributed by atoms with Crippen molar-refractivity contribution < 1.29 is 0 Å². The first kappa shape index (κ1) is 11.4. The molecule has 0 fully saturated rings. The minimum atomic E-state index is -0.0461. The molecule has 1 heterocycles. The van der Waals surface area contributed by atoms with Gasteiger partial charge < -0.3 is 10.3 Å². The lowest BCUT2D eigenvalue weighted by atomic mass is 10.2. The van der Waals surface area contributed by atoms with E-state index in [1.54, 1.807) is 28.6 Å². The molecule has 0 spiro atoms. The Morgan fingerprint density at radius 3 is 2.47 bits per heavy atom. The van der Waals surface area contributed by atoms with Crippen molar-refractivity contribution in [2.24, 2.45) is 12.8 Å². The van der Waals surface area contributed by atoms with Crippen LogP contribution in [0.3, 0.4) is 0 Å². The summed E-state index contributed by atoms with van der Waals surface area (Å²) in [4.78, 5) is 11.7. The van der Waals surface area contributed by atoms with Gasteiger partial charge in [0.05, 0.1) is 5.69 Å². The molecule has 0 atom stereocenters. The highest BCUT2D eigenvalue weighted by molar-refractivity contribution is 5.51. The molecule has 0 radical (unpaired) electrons. The lowest BCUT2D eigenvalue weighted by Gasteiger charge is -2.01. The molecule has 0 aliphatic heterocycles. The number of aryl methyl sites for hydroxylation is 1. The monoisotopic (exact) mass is 229 g/mol. The molecule has 4 heteroatoms. The van der Waals surface area contributed by atoms with Crippen LogP contribution in [-0.2, 0) is 7.05 Å². The van der Waals surface area contributed by atoms with Gasteiger partial charge in [0, 0.05) is 26.0 Å². The molecule has 2 rings (SSSR count). The van der Waals surface area contributed by atoms with Crippen LogP contribution in [0.15, 0.2) is 47.5 Å². The molecule has 1 aromatic heterocycles. The Kier molecular flexibility index (Phi) is 3.25. The van der Waals surface area contributed by atoms with Gasteiger partial charge >= 0.3 is 5.69 Å². The molecule has 0 amide bonds. The van der Waals surface area contributed by atoms with E-state index >= 15 is 0 Å². The quantitative estimate of drug-likeness (QED) is 0.858. The van der Waals surface area contributed by atoms with E-state index in [1.807, 2.05) is 36.4 Å². The summed E-state index contributed by atoms with van der Waals surface area (Å²) in [6, 6.07) is 7.75. The predicted octanol–water partition coefficient (Wildman–Crippen LogP) is 1.15. The van der Waals surface area contributed by atoms with Gasteiger partial charge in [-0.1, -0.05) is 24.3 Å². The fourth-order valence-corrected chi connectivity index (χ4v) is 1.61. The summed E-state index contributed by atoms with van der Waals surface area (Å²) in [5, 5.41) is 0. The Labute approximate surface area is 99.6 Å². The van der Waals surface area contributed by atoms with Crippen LogP contribution in [0.2, 0.25) is 0 Å². The molecule has 0 saturated carbocycles. The van der Waals surface area contributed by atoms with Gasteiger partial charge in [0.2, 0.25) is 0 Å².